The Balaban J connectivity index is 1.49. The molecular weight excluding hydrogens is 532 g/mol. The number of rotatable bonds is 4. The van der Waals surface area contributed by atoms with Gasteiger partial charge in [-0.05, 0) is 53.3 Å². The molecule has 0 amide bonds. The van der Waals surface area contributed by atoms with E-state index in [9.17, 15) is 0 Å². The maximum absolute atomic E-state index is 6.41. The summed E-state index contributed by atoms with van der Waals surface area (Å²) < 4.78 is 25.4. The van der Waals surface area contributed by atoms with Crippen LogP contribution in [-0.2, 0) is 24.4 Å². The molecule has 3 aliphatic rings. The molecule has 0 aromatic heterocycles. The average molecular weight is 575 g/mol. The van der Waals surface area contributed by atoms with Gasteiger partial charge in [0.15, 0.2) is 12.6 Å². The average Bonchev–Trinajstić information content (AvgIpc) is 3.29. The van der Waals surface area contributed by atoms with Gasteiger partial charge in [-0.25, -0.2) is 0 Å². The molecule has 222 valence electrons. The van der Waals surface area contributed by atoms with Crippen molar-refractivity contribution in [2.24, 2.45) is 10.8 Å². The molecule has 4 aromatic rings. The molecule has 2 heterocycles. The standard InChI is InChI=1S/C39H42O4/c1-25-10-15-28(16-11-25)39(29-17-12-26(2)13-18-29)32-9-7-8-31(36-42-23-38(5,6)24-43-36)34(32)30-19-14-27(20-33(30)39)35-40-21-37(3,4)22-41-35/h7-20,35-36H,21-24H2,1-6H3. The number of aryl methyl sites for hydroxylation is 2. The van der Waals surface area contributed by atoms with E-state index in [-0.39, 0.29) is 10.8 Å². The van der Waals surface area contributed by atoms with Crippen molar-refractivity contribution in [2.45, 2.75) is 59.5 Å². The van der Waals surface area contributed by atoms with Gasteiger partial charge in [-0.2, -0.15) is 0 Å². The van der Waals surface area contributed by atoms with Crippen molar-refractivity contribution in [3.63, 3.8) is 0 Å². The van der Waals surface area contributed by atoms with Crippen molar-refractivity contribution in [1.82, 2.24) is 0 Å². The highest BCUT2D eigenvalue weighted by molar-refractivity contribution is 5.88. The Morgan fingerprint density at radius 3 is 1.60 bits per heavy atom. The fourth-order valence-electron chi connectivity index (χ4n) is 6.91. The van der Waals surface area contributed by atoms with Crippen LogP contribution in [-0.4, -0.2) is 26.4 Å². The second kappa shape index (κ2) is 10.4. The van der Waals surface area contributed by atoms with Crippen LogP contribution in [0.1, 0.15) is 84.8 Å². The number of hydrogen-bond acceptors (Lipinski definition) is 4. The van der Waals surface area contributed by atoms with Crippen molar-refractivity contribution in [3.05, 3.63) is 129 Å². The van der Waals surface area contributed by atoms with Gasteiger partial charge in [0.05, 0.1) is 31.8 Å². The molecule has 0 atom stereocenters. The highest BCUT2D eigenvalue weighted by Crippen LogP contribution is 2.58. The van der Waals surface area contributed by atoms with E-state index in [1.54, 1.807) is 0 Å². The molecule has 4 aromatic carbocycles. The zero-order chi connectivity index (χ0) is 30.0. The molecule has 4 nitrogen and oxygen atoms in total. The SMILES string of the molecule is Cc1ccc(C2(c3ccc(C)cc3)c3cc(C4OCC(C)(C)CO4)ccc3-c3c(C4OCC(C)(C)CO4)cccc32)cc1. The molecule has 2 fully saturated rings. The van der Waals surface area contributed by atoms with Gasteiger partial charge in [-0.3, -0.25) is 0 Å². The lowest BCUT2D eigenvalue weighted by molar-refractivity contribution is -0.226. The molecule has 1 aliphatic carbocycles. The summed E-state index contributed by atoms with van der Waals surface area (Å²) in [7, 11) is 0. The minimum Gasteiger partial charge on any atom is -0.348 e. The normalized spacial score (nSPS) is 20.9. The Bertz CT molecular complexity index is 1580. The molecule has 0 spiro atoms. The van der Waals surface area contributed by atoms with Gasteiger partial charge < -0.3 is 18.9 Å². The van der Waals surface area contributed by atoms with Crippen LogP contribution in [0.3, 0.4) is 0 Å². The van der Waals surface area contributed by atoms with E-state index >= 15 is 0 Å². The van der Waals surface area contributed by atoms with Crippen LogP contribution in [0.15, 0.2) is 84.9 Å². The van der Waals surface area contributed by atoms with Crippen molar-refractivity contribution >= 4 is 0 Å². The summed E-state index contributed by atoms with van der Waals surface area (Å²) in [5.41, 5.74) is 11.4. The lowest BCUT2D eigenvalue weighted by atomic mass is 9.67. The second-order valence-electron chi connectivity index (χ2n) is 14.3. The van der Waals surface area contributed by atoms with Crippen molar-refractivity contribution in [2.75, 3.05) is 26.4 Å². The topological polar surface area (TPSA) is 36.9 Å². The number of hydrogen-bond donors (Lipinski definition) is 0. The third-order valence-corrected chi connectivity index (χ3v) is 9.21. The summed E-state index contributed by atoms with van der Waals surface area (Å²) in [6.45, 7) is 15.7. The van der Waals surface area contributed by atoms with E-state index in [1.165, 1.54) is 44.5 Å². The Labute approximate surface area is 256 Å². The maximum atomic E-state index is 6.41. The van der Waals surface area contributed by atoms with Gasteiger partial charge in [0.25, 0.3) is 0 Å². The van der Waals surface area contributed by atoms with Crippen LogP contribution in [0, 0.1) is 24.7 Å². The summed E-state index contributed by atoms with van der Waals surface area (Å²) in [6, 6.07) is 31.5. The fourth-order valence-corrected chi connectivity index (χ4v) is 6.91. The predicted molar refractivity (Wildman–Crippen MR) is 170 cm³/mol. The number of benzene rings is 4. The van der Waals surface area contributed by atoms with Crippen molar-refractivity contribution in [3.8, 4) is 11.1 Å². The van der Waals surface area contributed by atoms with Gasteiger partial charge >= 0.3 is 0 Å². The van der Waals surface area contributed by atoms with E-state index in [4.69, 9.17) is 18.9 Å². The quantitative estimate of drug-likeness (QED) is 0.215. The Morgan fingerprint density at radius 1 is 0.558 bits per heavy atom. The van der Waals surface area contributed by atoms with Crippen LogP contribution in [0.2, 0.25) is 0 Å². The number of ether oxygens (including phenoxy) is 4. The summed E-state index contributed by atoms with van der Waals surface area (Å²) >= 11 is 0. The van der Waals surface area contributed by atoms with Crippen LogP contribution >= 0.6 is 0 Å². The Hall–Kier alpha value is -3.28. The molecule has 2 saturated heterocycles. The van der Waals surface area contributed by atoms with Gasteiger partial charge in [0.1, 0.15) is 0 Å². The maximum Gasteiger partial charge on any atom is 0.184 e. The van der Waals surface area contributed by atoms with Gasteiger partial charge in [-0.15, -0.1) is 0 Å². The van der Waals surface area contributed by atoms with Crippen molar-refractivity contribution < 1.29 is 18.9 Å². The molecule has 7 rings (SSSR count). The largest absolute Gasteiger partial charge is 0.348 e. The molecule has 0 N–H and O–H groups in total. The highest BCUT2D eigenvalue weighted by Gasteiger charge is 2.48. The minimum absolute atomic E-state index is 0.000479. The van der Waals surface area contributed by atoms with E-state index in [0.717, 1.165) is 11.1 Å². The monoisotopic (exact) mass is 574 g/mol. The predicted octanol–water partition coefficient (Wildman–Crippen LogP) is 8.81. The Morgan fingerprint density at radius 2 is 1.07 bits per heavy atom. The lowest BCUT2D eigenvalue weighted by Gasteiger charge is -2.37. The van der Waals surface area contributed by atoms with Crippen LogP contribution < -0.4 is 0 Å². The van der Waals surface area contributed by atoms with E-state index in [2.05, 4.69) is 126 Å². The zero-order valence-corrected chi connectivity index (χ0v) is 26.2. The third-order valence-electron chi connectivity index (χ3n) is 9.21. The van der Waals surface area contributed by atoms with Gasteiger partial charge in [0, 0.05) is 22.0 Å². The molecule has 0 unspecified atom stereocenters. The summed E-state index contributed by atoms with van der Waals surface area (Å²) in [5, 5.41) is 0. The lowest BCUT2D eigenvalue weighted by Crippen LogP contribution is -2.34. The first-order chi connectivity index (χ1) is 20.6. The molecule has 0 saturated carbocycles. The third kappa shape index (κ3) is 4.85. The highest BCUT2D eigenvalue weighted by atomic mass is 16.7. The van der Waals surface area contributed by atoms with Crippen LogP contribution in [0.5, 0.6) is 0 Å². The van der Waals surface area contributed by atoms with Crippen LogP contribution in [0.4, 0.5) is 0 Å². The molecule has 0 radical (unpaired) electrons. The molecular formula is C39H42O4. The van der Waals surface area contributed by atoms with E-state index < -0.39 is 18.0 Å². The fraction of sp³-hybridized carbons (Fsp3) is 0.385. The summed E-state index contributed by atoms with van der Waals surface area (Å²) in [5.74, 6) is 0. The van der Waals surface area contributed by atoms with Gasteiger partial charge in [-0.1, -0.05) is 118 Å². The second-order valence-corrected chi connectivity index (χ2v) is 14.3. The molecule has 4 heteroatoms. The first-order valence-electron chi connectivity index (χ1n) is 15.5. The summed E-state index contributed by atoms with van der Waals surface area (Å²) in [6.07, 6.45) is -0.822. The van der Waals surface area contributed by atoms with E-state index in [0.29, 0.717) is 26.4 Å². The Kier molecular flexibility index (Phi) is 6.90. The first-order valence-corrected chi connectivity index (χ1v) is 15.5. The van der Waals surface area contributed by atoms with E-state index in [1.807, 2.05) is 0 Å². The van der Waals surface area contributed by atoms with Crippen molar-refractivity contribution in [1.29, 1.82) is 0 Å². The summed E-state index contributed by atoms with van der Waals surface area (Å²) in [4.78, 5) is 0. The minimum atomic E-state index is -0.542. The smallest absolute Gasteiger partial charge is 0.184 e. The molecule has 43 heavy (non-hydrogen) atoms. The van der Waals surface area contributed by atoms with Gasteiger partial charge in [0.2, 0.25) is 0 Å². The van der Waals surface area contributed by atoms with Crippen LogP contribution in [0.25, 0.3) is 11.1 Å². The first kappa shape index (κ1) is 28.5. The molecule has 0 bridgehead atoms. The zero-order valence-electron chi connectivity index (χ0n) is 26.2. The molecule has 2 aliphatic heterocycles. The number of fused-ring (bicyclic) bond motifs is 3.